The standard InChI is InChI=1S/C80H52Ge/c1-9-25-69-57(17-1)49-58-18-2-10-26-70(58)77(69)53-33-41-65(42-34-53)81(66-43-35-54(36-44-66)78-71-27-11-3-19-59(71)50-60-20-4-12-28-72(60)78,67-45-37-55(38-46-67)79-73-29-13-5-21-61(73)51-62-22-6-14-30-74(62)79)68-47-39-56(40-48-68)80-75-31-15-7-23-63(75)52-64-24-8-16-32-76(64)80/h1-52H. The van der Waals surface area contributed by atoms with Crippen LogP contribution in [-0.2, 0) is 0 Å². The van der Waals surface area contributed by atoms with Crippen LogP contribution in [0.2, 0.25) is 0 Å². The van der Waals surface area contributed by atoms with Gasteiger partial charge in [-0.3, -0.25) is 0 Å². The van der Waals surface area contributed by atoms with Gasteiger partial charge in [-0.1, -0.05) is 0 Å². The third-order valence-electron chi connectivity index (χ3n) is 17.5. The Kier molecular flexibility index (Phi) is 11.2. The van der Waals surface area contributed by atoms with Gasteiger partial charge in [-0.2, -0.15) is 0 Å². The van der Waals surface area contributed by atoms with Gasteiger partial charge in [-0.25, -0.2) is 0 Å². The molecule has 0 nitrogen and oxygen atoms in total. The molecule has 0 N–H and O–H groups in total. The van der Waals surface area contributed by atoms with Crippen LogP contribution in [0.1, 0.15) is 0 Å². The quantitative estimate of drug-likeness (QED) is 0.105. The Morgan fingerprint density at radius 1 is 0.148 bits per heavy atom. The van der Waals surface area contributed by atoms with Crippen molar-refractivity contribution in [3.05, 3.63) is 315 Å². The maximum atomic E-state index is 2.50. The molecule has 0 aliphatic carbocycles. The topological polar surface area (TPSA) is 0 Å². The van der Waals surface area contributed by atoms with E-state index in [4.69, 9.17) is 0 Å². The molecule has 0 atom stereocenters. The Bertz CT molecular complexity index is 4260. The van der Waals surface area contributed by atoms with Crippen LogP contribution in [0.25, 0.3) is 131 Å². The molecule has 376 valence electrons. The van der Waals surface area contributed by atoms with Crippen LogP contribution in [0.15, 0.2) is 315 Å². The van der Waals surface area contributed by atoms with E-state index in [9.17, 15) is 0 Å². The minimum atomic E-state index is -4.08. The molecule has 0 saturated carbocycles. The second-order valence-corrected chi connectivity index (χ2v) is 29.8. The van der Waals surface area contributed by atoms with Crippen LogP contribution < -0.4 is 17.6 Å². The van der Waals surface area contributed by atoms with E-state index in [2.05, 4.69) is 315 Å². The average Bonchev–Trinajstić information content (AvgIpc) is 3.59. The molecule has 16 aromatic carbocycles. The summed E-state index contributed by atoms with van der Waals surface area (Å²) < 4.78 is 5.49. The zero-order valence-electron chi connectivity index (χ0n) is 44.5. The van der Waals surface area contributed by atoms with Crippen molar-refractivity contribution in [3.8, 4) is 44.5 Å². The molecule has 0 bridgehead atoms. The molecule has 0 aromatic heterocycles. The van der Waals surface area contributed by atoms with E-state index >= 15 is 0 Å². The number of hydrogen-bond donors (Lipinski definition) is 0. The van der Waals surface area contributed by atoms with E-state index in [1.54, 1.807) is 0 Å². The first-order valence-electron chi connectivity index (χ1n) is 28.2. The molecule has 0 radical (unpaired) electrons. The fraction of sp³-hybridized carbons (Fsp3) is 0. The SMILES string of the molecule is c1ccc2c(-c3cc[c]([Ge]([c]4ccc(-c5c6ccccc6cc6ccccc56)cc4)([c]4ccc(-c5c6ccccc6cc6ccccc56)cc4)[c]4ccc(-c5c6ccccc6cc6ccccc56)cc4)cc3)c3ccccc3cc2c1. The van der Waals surface area contributed by atoms with Gasteiger partial charge < -0.3 is 0 Å². The Balaban J connectivity index is 0.964. The van der Waals surface area contributed by atoms with E-state index in [0.717, 1.165) is 0 Å². The zero-order valence-corrected chi connectivity index (χ0v) is 46.6. The number of rotatable bonds is 8. The molecule has 0 saturated heterocycles. The second kappa shape index (κ2) is 19.2. The molecular formula is C80H52Ge. The van der Waals surface area contributed by atoms with Gasteiger partial charge in [0.25, 0.3) is 0 Å². The number of hydrogen-bond acceptors (Lipinski definition) is 0. The van der Waals surface area contributed by atoms with Crippen molar-refractivity contribution in [3.63, 3.8) is 0 Å². The van der Waals surface area contributed by atoms with Gasteiger partial charge in [-0.05, 0) is 0 Å². The summed E-state index contributed by atoms with van der Waals surface area (Å²) >= 11 is -4.08. The summed E-state index contributed by atoms with van der Waals surface area (Å²) in [6.45, 7) is 0. The predicted octanol–water partition coefficient (Wildman–Crippen LogP) is 19.0. The van der Waals surface area contributed by atoms with E-state index in [-0.39, 0.29) is 0 Å². The molecule has 0 unspecified atom stereocenters. The molecule has 1 heteroatoms. The monoisotopic (exact) mass is 1090 g/mol. The summed E-state index contributed by atoms with van der Waals surface area (Å²) in [6.07, 6.45) is 0. The minimum absolute atomic E-state index is 1.22. The molecule has 0 spiro atoms. The molecule has 0 aliphatic rings. The first-order valence-corrected chi connectivity index (χ1v) is 32.4. The summed E-state index contributed by atoms with van der Waals surface area (Å²) in [4.78, 5) is 0. The Hall–Kier alpha value is -9.86. The van der Waals surface area contributed by atoms with Crippen molar-refractivity contribution in [2.45, 2.75) is 0 Å². The zero-order chi connectivity index (χ0) is 53.4. The third kappa shape index (κ3) is 7.66. The van der Waals surface area contributed by atoms with Gasteiger partial charge in [0.15, 0.2) is 0 Å². The van der Waals surface area contributed by atoms with Crippen molar-refractivity contribution in [1.82, 2.24) is 0 Å². The van der Waals surface area contributed by atoms with Gasteiger partial charge in [-0.15, -0.1) is 0 Å². The van der Waals surface area contributed by atoms with Crippen LogP contribution in [0.3, 0.4) is 0 Å². The summed E-state index contributed by atoms with van der Waals surface area (Å²) in [5, 5.41) is 20.1. The Morgan fingerprint density at radius 2 is 0.296 bits per heavy atom. The van der Waals surface area contributed by atoms with Crippen molar-refractivity contribution < 1.29 is 0 Å². The van der Waals surface area contributed by atoms with E-state index in [0.29, 0.717) is 0 Å². The Morgan fingerprint density at radius 3 is 0.457 bits per heavy atom. The molecule has 16 aromatic rings. The molecular weight excluding hydrogens is 1030 g/mol. The molecule has 0 aliphatic heterocycles. The van der Waals surface area contributed by atoms with E-state index < -0.39 is 13.3 Å². The van der Waals surface area contributed by atoms with Gasteiger partial charge >= 0.3 is 477 Å². The first kappa shape index (κ1) is 47.2. The second-order valence-electron chi connectivity index (χ2n) is 21.8. The fourth-order valence-electron chi connectivity index (χ4n) is 13.8. The first-order chi connectivity index (χ1) is 40.2. The van der Waals surface area contributed by atoms with Gasteiger partial charge in [0, 0.05) is 0 Å². The van der Waals surface area contributed by atoms with Crippen LogP contribution >= 0.6 is 0 Å². The fourth-order valence-corrected chi connectivity index (χ4v) is 23.6. The summed E-state index contributed by atoms with van der Waals surface area (Å²) in [5.74, 6) is 0. The van der Waals surface area contributed by atoms with Crippen LogP contribution in [0, 0.1) is 0 Å². The van der Waals surface area contributed by atoms with Crippen LogP contribution in [-0.4, -0.2) is 13.3 Å². The maximum absolute atomic E-state index is 4.08. The van der Waals surface area contributed by atoms with E-state index in [1.165, 1.54) is 148 Å². The van der Waals surface area contributed by atoms with Crippen molar-refractivity contribution in [2.24, 2.45) is 0 Å². The van der Waals surface area contributed by atoms with Crippen molar-refractivity contribution in [1.29, 1.82) is 0 Å². The molecule has 16 rings (SSSR count). The molecule has 0 amide bonds. The summed E-state index contributed by atoms with van der Waals surface area (Å²) in [7, 11) is 0. The normalized spacial score (nSPS) is 12.0. The van der Waals surface area contributed by atoms with Gasteiger partial charge in [0.1, 0.15) is 0 Å². The predicted molar refractivity (Wildman–Crippen MR) is 352 cm³/mol. The number of fused-ring (bicyclic) bond motifs is 8. The van der Waals surface area contributed by atoms with Crippen molar-refractivity contribution in [2.75, 3.05) is 0 Å². The number of benzene rings is 16. The van der Waals surface area contributed by atoms with E-state index in [1.807, 2.05) is 0 Å². The van der Waals surface area contributed by atoms with Gasteiger partial charge in [0.2, 0.25) is 0 Å². The summed E-state index contributed by atoms with van der Waals surface area (Å²) in [6, 6.07) is 120. The van der Waals surface area contributed by atoms with Gasteiger partial charge in [0.05, 0.1) is 0 Å². The van der Waals surface area contributed by atoms with Crippen molar-refractivity contribution >= 4 is 117 Å². The molecule has 81 heavy (non-hydrogen) atoms. The third-order valence-corrected chi connectivity index (χ3v) is 27.6. The molecule has 0 heterocycles. The van der Waals surface area contributed by atoms with Crippen LogP contribution in [0.4, 0.5) is 0 Å². The molecule has 0 fully saturated rings. The summed E-state index contributed by atoms with van der Waals surface area (Å²) in [5.41, 5.74) is 9.98. The Labute approximate surface area is 473 Å². The van der Waals surface area contributed by atoms with Crippen LogP contribution in [0.5, 0.6) is 0 Å². The average molecular weight is 1090 g/mol.